The molecule has 120 valence electrons. The zero-order valence-electron chi connectivity index (χ0n) is 13.5. The number of benzene rings is 2. The molecule has 0 unspecified atom stereocenters. The number of esters is 1. The summed E-state index contributed by atoms with van der Waals surface area (Å²) in [6.45, 7) is 6.78. The molecular formula is C20H23NO2. The molecule has 2 aromatic carbocycles. The lowest BCUT2D eigenvalue weighted by Crippen LogP contribution is -2.23. The first kappa shape index (κ1) is 17.0. The van der Waals surface area contributed by atoms with E-state index in [-0.39, 0.29) is 12.0 Å². The van der Waals surface area contributed by atoms with Crippen LogP contribution in [0.25, 0.3) is 0 Å². The summed E-state index contributed by atoms with van der Waals surface area (Å²) in [5, 5.41) is 3.51. The second-order valence-corrected chi connectivity index (χ2v) is 5.36. The molecule has 1 atom stereocenters. The van der Waals surface area contributed by atoms with Gasteiger partial charge in [0.1, 0.15) is 0 Å². The molecule has 0 saturated heterocycles. The summed E-state index contributed by atoms with van der Waals surface area (Å²) >= 11 is 0. The standard InChI is InChI=1S/C20H23NO2/c1-3-23-20(22)16(2)14-19(18-12-8-5-9-13-18)21-15-17-10-6-4-7-11-17/h4-13,19,21H,2-3,14-15H2,1H3/t19-/m0/s1. The monoisotopic (exact) mass is 309 g/mol. The molecule has 2 rings (SSSR count). The third kappa shape index (κ3) is 5.38. The fourth-order valence-electron chi connectivity index (χ4n) is 2.39. The third-order valence-electron chi connectivity index (χ3n) is 3.61. The fraction of sp³-hybridized carbons (Fsp3) is 0.250. The Hall–Kier alpha value is -2.39. The highest BCUT2D eigenvalue weighted by Gasteiger charge is 2.17. The Kier molecular flexibility index (Phi) is 6.57. The van der Waals surface area contributed by atoms with Gasteiger partial charge < -0.3 is 10.1 Å². The van der Waals surface area contributed by atoms with Crippen LogP contribution in [0.3, 0.4) is 0 Å². The van der Waals surface area contributed by atoms with Gasteiger partial charge >= 0.3 is 5.97 Å². The smallest absolute Gasteiger partial charge is 0.333 e. The second-order valence-electron chi connectivity index (χ2n) is 5.36. The first-order valence-corrected chi connectivity index (χ1v) is 7.88. The van der Waals surface area contributed by atoms with Crippen molar-refractivity contribution in [3.8, 4) is 0 Å². The summed E-state index contributed by atoms with van der Waals surface area (Å²) in [6.07, 6.45) is 0.523. The van der Waals surface area contributed by atoms with Crippen LogP contribution in [0.1, 0.15) is 30.5 Å². The quantitative estimate of drug-likeness (QED) is 0.591. The highest BCUT2D eigenvalue weighted by molar-refractivity contribution is 5.87. The largest absolute Gasteiger partial charge is 0.463 e. The minimum atomic E-state index is -0.324. The van der Waals surface area contributed by atoms with Gasteiger partial charge in [0.2, 0.25) is 0 Å². The van der Waals surface area contributed by atoms with Gasteiger partial charge in [-0.3, -0.25) is 0 Å². The second kappa shape index (κ2) is 8.91. The molecular weight excluding hydrogens is 286 g/mol. The lowest BCUT2D eigenvalue weighted by Gasteiger charge is -2.20. The van der Waals surface area contributed by atoms with Crippen molar-refractivity contribution < 1.29 is 9.53 Å². The van der Waals surface area contributed by atoms with E-state index in [4.69, 9.17) is 4.74 Å². The van der Waals surface area contributed by atoms with Crippen molar-refractivity contribution in [2.24, 2.45) is 0 Å². The SMILES string of the molecule is C=C(C[C@H](NCc1ccccc1)c1ccccc1)C(=O)OCC. The van der Waals surface area contributed by atoms with Crippen LogP contribution in [0.15, 0.2) is 72.8 Å². The van der Waals surface area contributed by atoms with Gasteiger partial charge in [0.05, 0.1) is 6.61 Å². The van der Waals surface area contributed by atoms with Crippen LogP contribution >= 0.6 is 0 Å². The normalized spacial score (nSPS) is 11.7. The van der Waals surface area contributed by atoms with Gasteiger partial charge in [-0.15, -0.1) is 0 Å². The lowest BCUT2D eigenvalue weighted by molar-refractivity contribution is -0.138. The highest BCUT2D eigenvalue weighted by atomic mass is 16.5. The van der Waals surface area contributed by atoms with Crippen molar-refractivity contribution in [1.29, 1.82) is 0 Å². The highest BCUT2D eigenvalue weighted by Crippen LogP contribution is 2.21. The Morgan fingerprint density at radius 3 is 2.30 bits per heavy atom. The van der Waals surface area contributed by atoms with Gasteiger partial charge in [-0.05, 0) is 24.5 Å². The van der Waals surface area contributed by atoms with Crippen LogP contribution in [-0.2, 0) is 16.1 Å². The summed E-state index contributed by atoms with van der Waals surface area (Å²) in [5.41, 5.74) is 2.82. The van der Waals surface area contributed by atoms with Crippen LogP contribution in [0.4, 0.5) is 0 Å². The van der Waals surface area contributed by atoms with E-state index < -0.39 is 0 Å². The molecule has 0 amide bonds. The summed E-state index contributed by atoms with van der Waals surface area (Å²) in [5.74, 6) is -0.324. The molecule has 0 bridgehead atoms. The molecule has 0 radical (unpaired) electrons. The average Bonchev–Trinajstić information content (AvgIpc) is 2.60. The van der Waals surface area contributed by atoms with Crippen LogP contribution < -0.4 is 5.32 Å². The van der Waals surface area contributed by atoms with Crippen molar-refractivity contribution >= 4 is 5.97 Å². The number of hydrogen-bond donors (Lipinski definition) is 1. The maximum absolute atomic E-state index is 11.8. The maximum atomic E-state index is 11.8. The molecule has 0 aliphatic rings. The number of carbonyl (C=O) groups excluding carboxylic acids is 1. The van der Waals surface area contributed by atoms with E-state index in [1.54, 1.807) is 6.92 Å². The molecule has 3 heteroatoms. The van der Waals surface area contributed by atoms with Gasteiger partial charge in [0.25, 0.3) is 0 Å². The van der Waals surface area contributed by atoms with Crippen LogP contribution in [-0.4, -0.2) is 12.6 Å². The molecule has 3 nitrogen and oxygen atoms in total. The Morgan fingerprint density at radius 1 is 1.09 bits per heavy atom. The molecule has 0 spiro atoms. The summed E-state index contributed by atoms with van der Waals surface area (Å²) in [4.78, 5) is 11.8. The number of rotatable bonds is 8. The van der Waals surface area contributed by atoms with E-state index in [1.165, 1.54) is 5.56 Å². The van der Waals surface area contributed by atoms with Crippen LogP contribution in [0.2, 0.25) is 0 Å². The Labute approximate surface area is 138 Å². The van der Waals surface area contributed by atoms with Crippen LogP contribution in [0.5, 0.6) is 0 Å². The number of hydrogen-bond acceptors (Lipinski definition) is 3. The van der Waals surface area contributed by atoms with E-state index >= 15 is 0 Å². The zero-order valence-corrected chi connectivity index (χ0v) is 13.5. The number of ether oxygens (including phenoxy) is 1. The number of nitrogens with one attached hydrogen (secondary N) is 1. The van der Waals surface area contributed by atoms with Gasteiger partial charge in [-0.1, -0.05) is 67.2 Å². The van der Waals surface area contributed by atoms with Crippen molar-refractivity contribution in [1.82, 2.24) is 5.32 Å². The molecule has 1 N–H and O–H groups in total. The topological polar surface area (TPSA) is 38.3 Å². The van der Waals surface area contributed by atoms with Crippen molar-refractivity contribution in [2.75, 3.05) is 6.61 Å². The predicted molar refractivity (Wildman–Crippen MR) is 92.9 cm³/mol. The van der Waals surface area contributed by atoms with E-state index in [0.717, 1.165) is 12.1 Å². The molecule has 0 fully saturated rings. The van der Waals surface area contributed by atoms with Gasteiger partial charge in [0.15, 0.2) is 0 Å². The summed E-state index contributed by atoms with van der Waals surface area (Å²) in [6, 6.07) is 20.3. The third-order valence-corrected chi connectivity index (χ3v) is 3.61. The van der Waals surface area contributed by atoms with Gasteiger partial charge in [0, 0.05) is 18.2 Å². The minimum Gasteiger partial charge on any atom is -0.463 e. The van der Waals surface area contributed by atoms with E-state index in [0.29, 0.717) is 18.6 Å². The number of carbonyl (C=O) groups is 1. The minimum absolute atomic E-state index is 0.0216. The Bertz CT molecular complexity index is 623. The van der Waals surface area contributed by atoms with Crippen molar-refractivity contribution in [3.05, 3.63) is 83.9 Å². The maximum Gasteiger partial charge on any atom is 0.333 e. The van der Waals surface area contributed by atoms with Gasteiger partial charge in [-0.25, -0.2) is 4.79 Å². The Morgan fingerprint density at radius 2 is 1.70 bits per heavy atom. The van der Waals surface area contributed by atoms with Crippen molar-refractivity contribution in [3.63, 3.8) is 0 Å². The van der Waals surface area contributed by atoms with E-state index in [9.17, 15) is 4.79 Å². The van der Waals surface area contributed by atoms with E-state index in [1.807, 2.05) is 36.4 Å². The van der Waals surface area contributed by atoms with Crippen molar-refractivity contribution in [2.45, 2.75) is 25.9 Å². The first-order valence-electron chi connectivity index (χ1n) is 7.88. The zero-order chi connectivity index (χ0) is 16.5. The summed E-state index contributed by atoms with van der Waals surface area (Å²) in [7, 11) is 0. The molecule has 0 aliphatic carbocycles. The summed E-state index contributed by atoms with van der Waals surface area (Å²) < 4.78 is 5.04. The molecule has 23 heavy (non-hydrogen) atoms. The molecule has 0 saturated carbocycles. The molecule has 0 aliphatic heterocycles. The fourth-order valence-corrected chi connectivity index (χ4v) is 2.39. The first-order chi connectivity index (χ1) is 11.2. The average molecular weight is 309 g/mol. The van der Waals surface area contributed by atoms with Crippen LogP contribution in [0, 0.1) is 0 Å². The molecule has 2 aromatic rings. The lowest BCUT2D eigenvalue weighted by atomic mass is 9.99. The molecule has 0 heterocycles. The Balaban J connectivity index is 2.06. The van der Waals surface area contributed by atoms with E-state index in [2.05, 4.69) is 36.2 Å². The molecule has 0 aromatic heterocycles. The van der Waals surface area contributed by atoms with Gasteiger partial charge in [-0.2, -0.15) is 0 Å². The predicted octanol–water partition coefficient (Wildman–Crippen LogP) is 4.03.